The molecule has 1 spiro atoms. The monoisotopic (exact) mass is 404 g/mol. The molecule has 0 saturated heterocycles. The Morgan fingerprint density at radius 3 is 2.19 bits per heavy atom. The summed E-state index contributed by atoms with van der Waals surface area (Å²) in [5.41, 5.74) is 0.439. The molecule has 1 aromatic rings. The molecule has 27 heavy (non-hydrogen) atoms. The van der Waals surface area contributed by atoms with Crippen LogP contribution < -0.4 is 0 Å². The second-order valence-electron chi connectivity index (χ2n) is 7.31. The second-order valence-corrected chi connectivity index (χ2v) is 7.31. The third-order valence-electron chi connectivity index (χ3n) is 7.01. The van der Waals surface area contributed by atoms with E-state index in [1.165, 1.54) is 12.8 Å². The Morgan fingerprint density at radius 1 is 0.926 bits per heavy atom. The molecule has 4 aliphatic rings. The summed E-state index contributed by atoms with van der Waals surface area (Å²) < 4.78 is 22.5. The van der Waals surface area contributed by atoms with E-state index >= 15 is 0 Å². The molecule has 5 nitrogen and oxygen atoms in total. The largest absolute Gasteiger partial charge is 0 e. The van der Waals surface area contributed by atoms with Gasteiger partial charge in [0.1, 0.15) is 5.60 Å². The summed E-state index contributed by atoms with van der Waals surface area (Å²) >= 11 is 0. The molecule has 1 aromatic carbocycles. The summed E-state index contributed by atoms with van der Waals surface area (Å²) in [6.07, 6.45) is 6.68. The molecule has 5 atom stereocenters. The smallest absolute Gasteiger partial charge is 0 e. The molecule has 4 aliphatic carbocycles. The number of ketones is 1. The van der Waals surface area contributed by atoms with Gasteiger partial charge >= 0.3 is 33.9 Å². The Hall–Kier alpha value is -1.40. The van der Waals surface area contributed by atoms with Crippen LogP contribution in [0.15, 0.2) is 24.3 Å². The van der Waals surface area contributed by atoms with Gasteiger partial charge in [-0.1, -0.05) is 37.1 Å². The fraction of sp³-hybridized carbons (Fsp3) is 0.524. The van der Waals surface area contributed by atoms with Crippen molar-refractivity contribution in [3.63, 3.8) is 0 Å². The molecule has 0 amide bonds. The summed E-state index contributed by atoms with van der Waals surface area (Å²) in [6.45, 7) is 13.5. The van der Waals surface area contributed by atoms with Crippen molar-refractivity contribution in [2.75, 3.05) is 0 Å². The molecule has 6 heteroatoms. The number of hydrogen-bond donors (Lipinski definition) is 1. The van der Waals surface area contributed by atoms with Gasteiger partial charge in [-0.3, -0.25) is 4.79 Å². The van der Waals surface area contributed by atoms with Crippen LogP contribution in [-0.2, 0) is 36.9 Å². The third-order valence-corrected chi connectivity index (χ3v) is 7.01. The fourth-order valence-corrected chi connectivity index (χ4v) is 6.55. The van der Waals surface area contributed by atoms with E-state index in [0.29, 0.717) is 17.8 Å². The van der Waals surface area contributed by atoms with Gasteiger partial charge in [-0.05, 0) is 49.0 Å². The van der Waals surface area contributed by atoms with Crippen molar-refractivity contribution in [1.29, 1.82) is 0 Å². The first-order chi connectivity index (χ1) is 12.7. The second kappa shape index (κ2) is 9.20. The van der Waals surface area contributed by atoms with E-state index in [1.54, 1.807) is 0 Å². The molecule has 0 aliphatic heterocycles. The van der Waals surface area contributed by atoms with E-state index in [2.05, 4.69) is 20.0 Å². The van der Waals surface area contributed by atoms with E-state index in [0.717, 1.165) is 36.8 Å². The SMILES string of the molecule is O=C1c2ccccc2[C@]2(O)[C@H]3CCC[C@H]3[C@H]3CCC[C@]132.[C-]#[O+].[C-]#[O+].[C-]#[O+].[Cr]. The summed E-state index contributed by atoms with van der Waals surface area (Å²) in [4.78, 5) is 13.2. The van der Waals surface area contributed by atoms with Gasteiger partial charge in [0, 0.05) is 22.9 Å². The Labute approximate surface area is 169 Å². The van der Waals surface area contributed by atoms with Gasteiger partial charge in [-0.25, -0.2) is 0 Å². The average molecular weight is 404 g/mol. The summed E-state index contributed by atoms with van der Waals surface area (Å²) in [5.74, 6) is 1.59. The molecule has 3 saturated carbocycles. The normalized spacial score (nSPS) is 35.8. The van der Waals surface area contributed by atoms with Crippen LogP contribution in [0.25, 0.3) is 0 Å². The zero-order valence-electron chi connectivity index (χ0n) is 14.8. The van der Waals surface area contributed by atoms with Crippen molar-refractivity contribution < 1.29 is 41.2 Å². The number of carbonyl (C=O) groups excluding carboxylic acids is 1. The number of hydrogen-bond acceptors (Lipinski definition) is 2. The van der Waals surface area contributed by atoms with Crippen LogP contribution in [0.3, 0.4) is 0 Å². The average Bonchev–Trinajstić information content (AvgIpc) is 3.44. The maximum atomic E-state index is 13.2. The van der Waals surface area contributed by atoms with Crippen LogP contribution in [-0.4, -0.2) is 10.9 Å². The van der Waals surface area contributed by atoms with Gasteiger partial charge in [0.15, 0.2) is 5.78 Å². The van der Waals surface area contributed by atoms with E-state index in [4.69, 9.17) is 14.0 Å². The number of fused-ring (bicyclic) bond motifs is 5. The molecule has 0 radical (unpaired) electrons. The van der Waals surface area contributed by atoms with E-state index < -0.39 is 11.0 Å². The van der Waals surface area contributed by atoms with Crippen molar-refractivity contribution in [2.24, 2.45) is 23.2 Å². The molecule has 0 heterocycles. The van der Waals surface area contributed by atoms with Gasteiger partial charge in [0.05, 0.1) is 5.41 Å². The van der Waals surface area contributed by atoms with E-state index in [9.17, 15) is 9.90 Å². The molecular weight excluding hydrogens is 384 g/mol. The Morgan fingerprint density at radius 2 is 1.52 bits per heavy atom. The zero-order valence-corrected chi connectivity index (χ0v) is 16.0. The Bertz CT molecular complexity index is 740. The van der Waals surface area contributed by atoms with Gasteiger partial charge in [-0.2, -0.15) is 0 Å². The Kier molecular flexibility index (Phi) is 8.05. The van der Waals surface area contributed by atoms with Crippen LogP contribution in [0.5, 0.6) is 0 Å². The van der Waals surface area contributed by atoms with Crippen LogP contribution >= 0.6 is 0 Å². The van der Waals surface area contributed by atoms with Crippen molar-refractivity contribution in [3.05, 3.63) is 55.3 Å². The minimum absolute atomic E-state index is 0. The molecule has 140 valence electrons. The van der Waals surface area contributed by atoms with Crippen molar-refractivity contribution in [1.82, 2.24) is 0 Å². The number of benzene rings is 1. The van der Waals surface area contributed by atoms with Crippen LogP contribution in [0.1, 0.15) is 54.4 Å². The fourth-order valence-electron chi connectivity index (χ4n) is 6.55. The molecule has 0 bridgehead atoms. The van der Waals surface area contributed by atoms with Gasteiger partial charge < -0.3 is 5.11 Å². The van der Waals surface area contributed by atoms with Crippen molar-refractivity contribution >= 4 is 5.78 Å². The third kappa shape index (κ3) is 2.75. The van der Waals surface area contributed by atoms with Gasteiger partial charge in [0.25, 0.3) is 0 Å². The number of Topliss-reactive ketones (excluding diaryl/α,β-unsaturated/α-hetero) is 1. The van der Waals surface area contributed by atoms with Crippen molar-refractivity contribution in [3.8, 4) is 0 Å². The van der Waals surface area contributed by atoms with Crippen LogP contribution in [0.2, 0.25) is 0 Å². The molecule has 5 rings (SSSR count). The topological polar surface area (TPSA) is 97.0 Å². The maximum Gasteiger partial charge on any atom is 0 e. The first-order valence-electron chi connectivity index (χ1n) is 8.69. The first kappa shape index (κ1) is 23.6. The minimum Gasteiger partial charge on any atom is 0 e. The van der Waals surface area contributed by atoms with Crippen LogP contribution in [0, 0.1) is 43.1 Å². The number of carbonyl (C=O) groups is 1. The Balaban J connectivity index is 0.000000479. The molecular formula is C21H20CrO5. The number of aliphatic hydroxyl groups is 1. The van der Waals surface area contributed by atoms with E-state index in [-0.39, 0.29) is 23.1 Å². The predicted octanol–water partition coefficient (Wildman–Crippen LogP) is 3.17. The zero-order chi connectivity index (χ0) is 19.5. The van der Waals surface area contributed by atoms with E-state index in [1.807, 2.05) is 24.3 Å². The standard InChI is InChI=1S/C18H20O2.3CO.Cr/c19-16-12-5-1-2-7-15(12)18(20)14-8-3-6-11(14)13-9-4-10-17(13,16)18;3*1-2;/h1-2,5,7,11,13-14,20H,3-4,6,8-10H2;;;;/t11-,13+,14-,17+,18+;;;;/m0..../s1. The van der Waals surface area contributed by atoms with Gasteiger partial charge in [0.2, 0.25) is 0 Å². The maximum absolute atomic E-state index is 13.2. The first-order valence-corrected chi connectivity index (χ1v) is 8.69. The molecule has 0 unspecified atom stereocenters. The molecule has 0 aromatic heterocycles. The van der Waals surface area contributed by atoms with Crippen molar-refractivity contribution in [2.45, 2.75) is 44.1 Å². The summed E-state index contributed by atoms with van der Waals surface area (Å²) in [6, 6.07) is 7.86. The quantitative estimate of drug-likeness (QED) is 0.531. The molecule has 1 N–H and O–H groups in total. The summed E-state index contributed by atoms with van der Waals surface area (Å²) in [5, 5.41) is 11.8. The van der Waals surface area contributed by atoms with Crippen LogP contribution in [0.4, 0.5) is 0 Å². The number of rotatable bonds is 0. The predicted molar refractivity (Wildman–Crippen MR) is 87.1 cm³/mol. The summed E-state index contributed by atoms with van der Waals surface area (Å²) in [7, 11) is 0. The van der Waals surface area contributed by atoms with Gasteiger partial charge in [-0.15, -0.1) is 0 Å². The molecule has 3 fully saturated rings. The minimum atomic E-state index is -0.858.